The summed E-state index contributed by atoms with van der Waals surface area (Å²) in [4.78, 5) is 18.1. The van der Waals surface area contributed by atoms with Gasteiger partial charge in [0, 0.05) is 30.6 Å². The van der Waals surface area contributed by atoms with Gasteiger partial charge in [-0.3, -0.25) is 9.69 Å². The van der Waals surface area contributed by atoms with Crippen molar-refractivity contribution in [2.24, 2.45) is 5.73 Å². The highest BCUT2D eigenvalue weighted by molar-refractivity contribution is 7.10. The van der Waals surface area contributed by atoms with Crippen molar-refractivity contribution in [1.82, 2.24) is 9.80 Å². The molecule has 2 aliphatic rings. The summed E-state index contributed by atoms with van der Waals surface area (Å²) in [5.41, 5.74) is 6.14. The van der Waals surface area contributed by atoms with E-state index in [1.807, 2.05) is 16.3 Å². The van der Waals surface area contributed by atoms with Crippen LogP contribution < -0.4 is 5.73 Å². The lowest BCUT2D eigenvalue weighted by Gasteiger charge is -2.25. The first-order chi connectivity index (χ1) is 10.2. The number of thiophene rings is 1. The van der Waals surface area contributed by atoms with E-state index in [9.17, 15) is 4.79 Å². The van der Waals surface area contributed by atoms with E-state index in [4.69, 9.17) is 5.73 Å². The second-order valence-electron chi connectivity index (χ2n) is 5.80. The van der Waals surface area contributed by atoms with Crippen LogP contribution >= 0.6 is 11.3 Å². The van der Waals surface area contributed by atoms with Gasteiger partial charge in [0.1, 0.15) is 0 Å². The van der Waals surface area contributed by atoms with Gasteiger partial charge < -0.3 is 10.6 Å². The molecule has 3 rings (SSSR count). The number of nitrogens with zero attached hydrogens (tertiary/aromatic N) is 2. The number of hydrogen-bond acceptors (Lipinski definition) is 4. The van der Waals surface area contributed by atoms with Gasteiger partial charge in [0.05, 0.1) is 17.0 Å². The average Bonchev–Trinajstić information content (AvgIpc) is 3.02. The molecule has 0 saturated carbocycles. The monoisotopic (exact) mass is 303 g/mol. The topological polar surface area (TPSA) is 49.6 Å². The van der Waals surface area contributed by atoms with Gasteiger partial charge >= 0.3 is 0 Å². The van der Waals surface area contributed by atoms with Crippen molar-refractivity contribution in [1.29, 1.82) is 0 Å². The van der Waals surface area contributed by atoms with E-state index in [0.29, 0.717) is 18.6 Å². The second kappa shape index (κ2) is 6.18. The number of hydrogen-bond donors (Lipinski definition) is 1. The van der Waals surface area contributed by atoms with Crippen LogP contribution in [0.2, 0.25) is 0 Å². The van der Waals surface area contributed by atoms with Crippen molar-refractivity contribution in [3.63, 3.8) is 0 Å². The number of likely N-dealkylation sites (tertiary alicyclic amines) is 1. The zero-order valence-corrected chi connectivity index (χ0v) is 13.2. The summed E-state index contributed by atoms with van der Waals surface area (Å²) in [6.07, 6.45) is 3.57. The molecule has 0 aromatic carbocycles. The second-order valence-corrected chi connectivity index (χ2v) is 6.71. The minimum absolute atomic E-state index is 0.146. The van der Waals surface area contributed by atoms with Crippen molar-refractivity contribution in [2.75, 3.05) is 26.7 Å². The van der Waals surface area contributed by atoms with Crippen molar-refractivity contribution in [3.8, 4) is 11.8 Å². The van der Waals surface area contributed by atoms with E-state index < -0.39 is 0 Å². The molecule has 0 radical (unpaired) electrons. The molecule has 2 saturated heterocycles. The number of carbonyl (C=O) groups is 1. The third-order valence-electron chi connectivity index (χ3n) is 4.60. The molecule has 2 atom stereocenters. The summed E-state index contributed by atoms with van der Waals surface area (Å²) >= 11 is 1.52. The Morgan fingerprint density at radius 3 is 3.05 bits per heavy atom. The lowest BCUT2D eigenvalue weighted by Crippen LogP contribution is -2.39. The van der Waals surface area contributed by atoms with Gasteiger partial charge in [0.25, 0.3) is 5.91 Å². The predicted molar refractivity (Wildman–Crippen MR) is 85.3 cm³/mol. The molecule has 5 heteroatoms. The van der Waals surface area contributed by atoms with Crippen LogP contribution in [-0.4, -0.2) is 54.5 Å². The molecule has 1 amide bonds. The quantitative estimate of drug-likeness (QED) is 0.797. The molecule has 2 aliphatic heterocycles. The Hall–Kier alpha value is -1.35. The lowest BCUT2D eigenvalue weighted by atomic mass is 10.1. The number of nitrogens with two attached hydrogens (primary N) is 1. The molecular formula is C16H21N3OS. The zero-order chi connectivity index (χ0) is 14.8. The fourth-order valence-electron chi connectivity index (χ4n) is 3.33. The molecule has 4 nitrogen and oxygen atoms in total. The number of fused-ring (bicyclic) bond motifs is 2. The fraction of sp³-hybridized carbons (Fsp3) is 0.562. The van der Waals surface area contributed by atoms with Crippen LogP contribution in [0.5, 0.6) is 0 Å². The maximum Gasteiger partial charge on any atom is 0.254 e. The standard InChI is InChI=1S/C16H21N3OS/c1-18-13-4-5-14(18)10-19(8-6-13)16(20)12-9-15(21-11-12)3-2-7-17/h9,11,13-14H,4-8,10,17H2,1H3. The largest absolute Gasteiger partial charge is 0.337 e. The SMILES string of the molecule is CN1C2CCC1CN(C(=O)c1csc(C#CCN)c1)CC2. The zero-order valence-electron chi connectivity index (χ0n) is 12.3. The minimum atomic E-state index is 0.146. The molecule has 0 aliphatic carbocycles. The molecular weight excluding hydrogens is 282 g/mol. The van der Waals surface area contributed by atoms with Crippen LogP contribution in [0.4, 0.5) is 0 Å². The molecule has 112 valence electrons. The van der Waals surface area contributed by atoms with Crippen molar-refractivity contribution in [2.45, 2.75) is 31.3 Å². The van der Waals surface area contributed by atoms with E-state index in [1.165, 1.54) is 24.2 Å². The van der Waals surface area contributed by atoms with E-state index in [2.05, 4.69) is 23.8 Å². The minimum Gasteiger partial charge on any atom is -0.337 e. The number of amides is 1. The van der Waals surface area contributed by atoms with Crippen LogP contribution in [0, 0.1) is 11.8 Å². The highest BCUT2D eigenvalue weighted by Crippen LogP contribution is 2.29. The van der Waals surface area contributed by atoms with Gasteiger partial charge in [-0.1, -0.05) is 11.8 Å². The van der Waals surface area contributed by atoms with Gasteiger partial charge in [-0.25, -0.2) is 0 Å². The normalized spacial score (nSPS) is 25.3. The van der Waals surface area contributed by atoms with Crippen LogP contribution in [0.1, 0.15) is 34.5 Å². The van der Waals surface area contributed by atoms with E-state index in [1.54, 1.807) is 0 Å². The van der Waals surface area contributed by atoms with Crippen LogP contribution in [-0.2, 0) is 0 Å². The molecule has 21 heavy (non-hydrogen) atoms. The lowest BCUT2D eigenvalue weighted by molar-refractivity contribution is 0.0741. The Morgan fingerprint density at radius 2 is 2.24 bits per heavy atom. The molecule has 2 N–H and O–H groups in total. The third kappa shape index (κ3) is 2.98. The summed E-state index contributed by atoms with van der Waals surface area (Å²) in [5.74, 6) is 5.97. The maximum absolute atomic E-state index is 12.7. The smallest absolute Gasteiger partial charge is 0.254 e. The van der Waals surface area contributed by atoms with Crippen molar-refractivity contribution in [3.05, 3.63) is 21.9 Å². The van der Waals surface area contributed by atoms with Gasteiger partial charge in [-0.15, -0.1) is 11.3 Å². The Kier molecular flexibility index (Phi) is 4.29. The van der Waals surface area contributed by atoms with E-state index in [0.717, 1.165) is 30.0 Å². The van der Waals surface area contributed by atoms with E-state index >= 15 is 0 Å². The third-order valence-corrected chi connectivity index (χ3v) is 5.44. The summed E-state index contributed by atoms with van der Waals surface area (Å²) in [7, 11) is 2.20. The molecule has 0 spiro atoms. The van der Waals surface area contributed by atoms with Crippen molar-refractivity contribution >= 4 is 17.2 Å². The fourth-order valence-corrected chi connectivity index (χ4v) is 4.08. The van der Waals surface area contributed by atoms with Crippen LogP contribution in [0.25, 0.3) is 0 Å². The molecule has 2 bridgehead atoms. The Bertz CT molecular complexity index is 586. The van der Waals surface area contributed by atoms with Crippen LogP contribution in [0.3, 0.4) is 0 Å². The summed E-state index contributed by atoms with van der Waals surface area (Å²) in [5, 5.41) is 1.91. The molecule has 2 unspecified atom stereocenters. The molecule has 1 aromatic heterocycles. The highest BCUT2D eigenvalue weighted by atomic mass is 32.1. The number of rotatable bonds is 1. The first-order valence-corrected chi connectivity index (χ1v) is 8.35. The average molecular weight is 303 g/mol. The van der Waals surface area contributed by atoms with Gasteiger partial charge in [0.15, 0.2) is 0 Å². The predicted octanol–water partition coefficient (Wildman–Crippen LogP) is 1.37. The van der Waals surface area contributed by atoms with Crippen LogP contribution in [0.15, 0.2) is 11.4 Å². The first-order valence-electron chi connectivity index (χ1n) is 7.47. The van der Waals surface area contributed by atoms with E-state index in [-0.39, 0.29) is 5.91 Å². The molecule has 1 aromatic rings. The summed E-state index contributed by atoms with van der Waals surface area (Å²) in [6, 6.07) is 3.07. The molecule has 2 fully saturated rings. The van der Waals surface area contributed by atoms with Crippen molar-refractivity contribution < 1.29 is 4.79 Å². The highest BCUT2D eigenvalue weighted by Gasteiger charge is 2.36. The number of likely N-dealkylation sites (N-methyl/N-ethyl adjacent to an activating group) is 1. The molecule has 3 heterocycles. The maximum atomic E-state index is 12.7. The van der Waals surface area contributed by atoms with Gasteiger partial charge in [-0.05, 0) is 32.4 Å². The first kappa shape index (κ1) is 14.6. The van der Waals surface area contributed by atoms with Gasteiger partial charge in [-0.2, -0.15) is 0 Å². The Morgan fingerprint density at radius 1 is 1.43 bits per heavy atom. The Balaban J connectivity index is 1.71. The summed E-state index contributed by atoms with van der Waals surface area (Å²) in [6.45, 7) is 2.07. The Labute approximate surface area is 129 Å². The number of carbonyl (C=O) groups excluding carboxylic acids is 1. The summed E-state index contributed by atoms with van der Waals surface area (Å²) < 4.78 is 0. The van der Waals surface area contributed by atoms with Gasteiger partial charge in [0.2, 0.25) is 0 Å².